The molecule has 1 N–H and O–H groups in total. The highest BCUT2D eigenvalue weighted by molar-refractivity contribution is 7.86. The third-order valence-corrected chi connectivity index (χ3v) is 6.30. The first-order chi connectivity index (χ1) is 15.6. The normalized spacial score (nSPS) is 18.2. The van der Waals surface area contributed by atoms with E-state index in [9.17, 15) is 13.2 Å². The standard InChI is InChI=1S/C23H21N3O5S2/c1-26-22(32)25-21(27)23(26,17-7-9-24-10-8-17)18-6-4-5-15(11-18)16-12-19(30-2)14-20(13-16)31-33(3,28)29/h4-14H,1-3H3,(H,25,27,32). The predicted octanol–water partition coefficient (Wildman–Crippen LogP) is 2.69. The fraction of sp³-hybridized carbons (Fsp3) is 0.174. The zero-order valence-electron chi connectivity index (χ0n) is 18.1. The van der Waals surface area contributed by atoms with Crippen molar-refractivity contribution in [3.05, 3.63) is 78.1 Å². The zero-order chi connectivity index (χ0) is 23.8. The Morgan fingerprint density at radius 2 is 1.70 bits per heavy atom. The quantitative estimate of drug-likeness (QED) is 0.422. The van der Waals surface area contributed by atoms with Crippen LogP contribution in [0.1, 0.15) is 11.1 Å². The fourth-order valence-corrected chi connectivity index (χ4v) is 4.66. The van der Waals surface area contributed by atoms with Gasteiger partial charge in [0.1, 0.15) is 11.5 Å². The van der Waals surface area contributed by atoms with Crippen molar-refractivity contribution in [3.8, 4) is 22.6 Å². The first kappa shape index (κ1) is 22.7. The maximum absolute atomic E-state index is 13.3. The van der Waals surface area contributed by atoms with Gasteiger partial charge in [0.05, 0.1) is 13.4 Å². The Balaban J connectivity index is 1.90. The van der Waals surface area contributed by atoms with Crippen molar-refractivity contribution >= 4 is 33.4 Å². The summed E-state index contributed by atoms with van der Waals surface area (Å²) in [5.74, 6) is 0.278. The van der Waals surface area contributed by atoms with E-state index in [0.717, 1.165) is 11.8 Å². The molecule has 4 rings (SSSR count). The highest BCUT2D eigenvalue weighted by atomic mass is 32.2. The summed E-state index contributed by atoms with van der Waals surface area (Å²) in [6, 6.07) is 15.8. The molecule has 1 aliphatic rings. The first-order valence-electron chi connectivity index (χ1n) is 9.84. The van der Waals surface area contributed by atoms with Gasteiger partial charge in [0.15, 0.2) is 10.7 Å². The molecule has 2 heterocycles. The van der Waals surface area contributed by atoms with E-state index >= 15 is 0 Å². The number of amides is 1. The smallest absolute Gasteiger partial charge is 0.306 e. The van der Waals surface area contributed by atoms with Crippen molar-refractivity contribution in [3.63, 3.8) is 0 Å². The second kappa shape index (κ2) is 8.45. The molecule has 0 spiro atoms. The van der Waals surface area contributed by atoms with Crippen LogP contribution in [-0.4, -0.2) is 49.7 Å². The van der Waals surface area contributed by atoms with Gasteiger partial charge in [-0.25, -0.2) is 0 Å². The Hall–Kier alpha value is -3.50. The van der Waals surface area contributed by atoms with Gasteiger partial charge in [0, 0.05) is 25.5 Å². The van der Waals surface area contributed by atoms with E-state index in [1.807, 2.05) is 24.3 Å². The molecule has 1 aliphatic heterocycles. The average molecular weight is 484 g/mol. The molecular formula is C23H21N3O5S2. The number of pyridine rings is 1. The Morgan fingerprint density at radius 1 is 1.00 bits per heavy atom. The zero-order valence-corrected chi connectivity index (χ0v) is 19.7. The largest absolute Gasteiger partial charge is 0.497 e. The Labute approximate surface area is 197 Å². The minimum absolute atomic E-state index is 0.123. The monoisotopic (exact) mass is 483 g/mol. The number of likely N-dealkylation sites (N-methyl/N-ethyl adjacent to an activating group) is 1. The molecule has 0 radical (unpaired) electrons. The van der Waals surface area contributed by atoms with Gasteiger partial charge in [-0.3, -0.25) is 9.78 Å². The van der Waals surface area contributed by atoms with E-state index in [1.165, 1.54) is 13.2 Å². The molecule has 1 fully saturated rings. The van der Waals surface area contributed by atoms with E-state index < -0.39 is 15.7 Å². The Kier molecular flexibility index (Phi) is 5.81. The van der Waals surface area contributed by atoms with Gasteiger partial charge in [0.25, 0.3) is 5.91 Å². The SMILES string of the molecule is COc1cc(OS(C)(=O)=O)cc(-c2cccc(C3(c4ccncc4)C(=O)NC(=S)N3C)c2)c1. The van der Waals surface area contributed by atoms with Crippen molar-refractivity contribution in [1.82, 2.24) is 15.2 Å². The third kappa shape index (κ3) is 4.14. The molecule has 0 bridgehead atoms. The molecule has 1 aromatic heterocycles. The lowest BCUT2D eigenvalue weighted by atomic mass is 9.81. The lowest BCUT2D eigenvalue weighted by Gasteiger charge is -2.35. The van der Waals surface area contributed by atoms with E-state index in [2.05, 4.69) is 10.3 Å². The van der Waals surface area contributed by atoms with Crippen molar-refractivity contribution in [2.24, 2.45) is 0 Å². The molecule has 1 amide bonds. The maximum Gasteiger partial charge on any atom is 0.306 e. The number of thiocarbonyl (C=S) groups is 1. The Bertz CT molecular complexity index is 1350. The van der Waals surface area contributed by atoms with Crippen molar-refractivity contribution in [2.45, 2.75) is 5.54 Å². The number of rotatable bonds is 6. The molecule has 170 valence electrons. The molecule has 0 saturated carbocycles. The van der Waals surface area contributed by atoms with Crippen LogP contribution in [0.2, 0.25) is 0 Å². The summed E-state index contributed by atoms with van der Waals surface area (Å²) >= 11 is 5.38. The molecule has 1 saturated heterocycles. The molecule has 33 heavy (non-hydrogen) atoms. The maximum atomic E-state index is 13.3. The minimum atomic E-state index is -3.72. The van der Waals surface area contributed by atoms with E-state index in [-0.39, 0.29) is 11.7 Å². The lowest BCUT2D eigenvalue weighted by molar-refractivity contribution is -0.124. The number of aromatic nitrogens is 1. The summed E-state index contributed by atoms with van der Waals surface area (Å²) in [5, 5.41) is 3.07. The van der Waals surface area contributed by atoms with Crippen molar-refractivity contribution in [1.29, 1.82) is 0 Å². The number of carbonyl (C=O) groups is 1. The average Bonchev–Trinajstić information content (AvgIpc) is 3.01. The number of carbonyl (C=O) groups excluding carboxylic acids is 1. The van der Waals surface area contributed by atoms with Gasteiger partial charge in [-0.2, -0.15) is 8.42 Å². The molecular weight excluding hydrogens is 462 g/mol. The second-order valence-electron chi connectivity index (χ2n) is 7.53. The van der Waals surface area contributed by atoms with Crippen LogP contribution >= 0.6 is 12.2 Å². The fourth-order valence-electron chi connectivity index (χ4n) is 3.99. The van der Waals surface area contributed by atoms with Gasteiger partial charge in [-0.15, -0.1) is 0 Å². The van der Waals surface area contributed by atoms with E-state index in [0.29, 0.717) is 27.6 Å². The summed E-state index contributed by atoms with van der Waals surface area (Å²) in [6.07, 6.45) is 4.23. The molecule has 1 unspecified atom stereocenters. The molecule has 1 atom stereocenters. The molecule has 8 nitrogen and oxygen atoms in total. The highest BCUT2D eigenvalue weighted by Gasteiger charge is 2.52. The van der Waals surface area contributed by atoms with Crippen molar-refractivity contribution < 1.29 is 22.1 Å². The summed E-state index contributed by atoms with van der Waals surface area (Å²) in [7, 11) is -0.480. The van der Waals surface area contributed by atoms with Crippen LogP contribution in [0, 0.1) is 0 Å². The number of benzene rings is 2. The number of hydrogen-bond donors (Lipinski definition) is 1. The summed E-state index contributed by atoms with van der Waals surface area (Å²) < 4.78 is 33.7. The first-order valence-corrected chi connectivity index (χ1v) is 12.1. The van der Waals surface area contributed by atoms with Gasteiger partial charge in [0.2, 0.25) is 0 Å². The number of nitrogens with one attached hydrogen (secondary N) is 1. The second-order valence-corrected chi connectivity index (χ2v) is 9.49. The molecule has 3 aromatic rings. The number of methoxy groups -OCH3 is 1. The van der Waals surface area contributed by atoms with Crippen LogP contribution in [-0.2, 0) is 20.5 Å². The van der Waals surface area contributed by atoms with Crippen LogP contribution in [0.15, 0.2) is 67.0 Å². The summed E-state index contributed by atoms with van der Waals surface area (Å²) in [5.41, 5.74) is 1.59. The molecule has 0 aliphatic carbocycles. The molecule has 10 heteroatoms. The van der Waals surface area contributed by atoms with Crippen LogP contribution in [0.3, 0.4) is 0 Å². The minimum Gasteiger partial charge on any atom is -0.497 e. The van der Waals surface area contributed by atoms with Crippen LogP contribution in [0.25, 0.3) is 11.1 Å². The lowest BCUT2D eigenvalue weighted by Crippen LogP contribution is -2.45. The van der Waals surface area contributed by atoms with Gasteiger partial charge >= 0.3 is 10.1 Å². The highest BCUT2D eigenvalue weighted by Crippen LogP contribution is 2.40. The Morgan fingerprint density at radius 3 is 2.30 bits per heavy atom. The van der Waals surface area contributed by atoms with Crippen LogP contribution < -0.4 is 14.2 Å². The van der Waals surface area contributed by atoms with E-state index in [1.54, 1.807) is 48.6 Å². The van der Waals surface area contributed by atoms with Gasteiger partial charge in [-0.05, 0) is 64.8 Å². The third-order valence-electron chi connectivity index (χ3n) is 5.43. The van der Waals surface area contributed by atoms with Gasteiger partial charge < -0.3 is 19.1 Å². The van der Waals surface area contributed by atoms with Crippen LogP contribution in [0.5, 0.6) is 11.5 Å². The van der Waals surface area contributed by atoms with Gasteiger partial charge in [-0.1, -0.05) is 18.2 Å². The topological polar surface area (TPSA) is 97.8 Å². The molecule has 2 aromatic carbocycles. The summed E-state index contributed by atoms with van der Waals surface area (Å²) in [6.45, 7) is 0. The number of nitrogens with zero attached hydrogens (tertiary/aromatic N) is 2. The van der Waals surface area contributed by atoms with Crippen LogP contribution in [0.4, 0.5) is 0 Å². The number of hydrogen-bond acceptors (Lipinski definition) is 7. The summed E-state index contributed by atoms with van der Waals surface area (Å²) in [4.78, 5) is 19.1. The van der Waals surface area contributed by atoms with E-state index in [4.69, 9.17) is 21.1 Å². The predicted molar refractivity (Wildman–Crippen MR) is 127 cm³/mol. The number of ether oxygens (including phenoxy) is 1. The van der Waals surface area contributed by atoms with Crippen molar-refractivity contribution in [2.75, 3.05) is 20.4 Å².